The predicted octanol–water partition coefficient (Wildman–Crippen LogP) is 0.453. The Bertz CT molecular complexity index is 191. The highest BCUT2D eigenvalue weighted by Crippen LogP contribution is 2.42. The summed E-state index contributed by atoms with van der Waals surface area (Å²) in [5.74, 6) is -0.188. The highest BCUT2D eigenvalue weighted by Gasteiger charge is 2.56. The molecule has 1 aliphatic rings. The Morgan fingerprint density at radius 3 is 3.00 bits per heavy atom. The van der Waals surface area contributed by atoms with Gasteiger partial charge in [0.2, 0.25) is 0 Å². The summed E-state index contributed by atoms with van der Waals surface area (Å²) in [6.07, 6.45) is 2.38. The van der Waals surface area contributed by atoms with E-state index in [0.717, 1.165) is 0 Å². The summed E-state index contributed by atoms with van der Waals surface area (Å²) < 4.78 is 4.79. The number of ether oxygens (including phenoxy) is 1. The van der Waals surface area contributed by atoms with Gasteiger partial charge in [-0.15, -0.1) is 6.58 Å². The third-order valence-corrected chi connectivity index (χ3v) is 2.00. The van der Waals surface area contributed by atoms with E-state index in [1.54, 1.807) is 13.0 Å². The SMILES string of the molecule is C=C[C@H]1C[C@]1(N)C(=O)OCC. The predicted molar refractivity (Wildman–Crippen MR) is 41.9 cm³/mol. The van der Waals surface area contributed by atoms with Gasteiger partial charge < -0.3 is 10.5 Å². The van der Waals surface area contributed by atoms with E-state index < -0.39 is 5.54 Å². The summed E-state index contributed by atoms with van der Waals surface area (Å²) in [5.41, 5.74) is 4.93. The highest BCUT2D eigenvalue weighted by molar-refractivity contribution is 5.85. The monoisotopic (exact) mass is 155 g/mol. The van der Waals surface area contributed by atoms with Gasteiger partial charge in [-0.25, -0.2) is 0 Å². The van der Waals surface area contributed by atoms with Crippen LogP contribution < -0.4 is 5.73 Å². The lowest BCUT2D eigenvalue weighted by Gasteiger charge is -2.07. The van der Waals surface area contributed by atoms with Crippen LogP contribution >= 0.6 is 0 Å². The molecule has 3 heteroatoms. The van der Waals surface area contributed by atoms with Crippen molar-refractivity contribution in [2.75, 3.05) is 6.61 Å². The van der Waals surface area contributed by atoms with Gasteiger partial charge in [-0.1, -0.05) is 6.08 Å². The second-order valence-electron chi connectivity index (χ2n) is 2.81. The molecule has 3 nitrogen and oxygen atoms in total. The Morgan fingerprint density at radius 2 is 2.64 bits per heavy atom. The Morgan fingerprint density at radius 1 is 2.00 bits per heavy atom. The molecule has 1 saturated carbocycles. The first-order valence-electron chi connectivity index (χ1n) is 3.73. The first-order valence-corrected chi connectivity index (χ1v) is 3.73. The summed E-state index contributed by atoms with van der Waals surface area (Å²) in [4.78, 5) is 11.1. The van der Waals surface area contributed by atoms with Crippen molar-refractivity contribution < 1.29 is 9.53 Å². The standard InChI is InChI=1S/C8H13NO2/c1-3-6-5-8(6,9)7(10)11-4-2/h3,6H,1,4-5,9H2,2H3/t6-,8+/m0/s1. The van der Waals surface area contributed by atoms with Crippen molar-refractivity contribution in [1.82, 2.24) is 0 Å². The molecule has 0 radical (unpaired) electrons. The molecule has 0 spiro atoms. The summed E-state index contributed by atoms with van der Waals surface area (Å²) >= 11 is 0. The summed E-state index contributed by atoms with van der Waals surface area (Å²) in [6.45, 7) is 5.73. The molecule has 1 aliphatic carbocycles. The average Bonchev–Trinajstić information content (AvgIpc) is 2.64. The zero-order chi connectivity index (χ0) is 8.48. The minimum absolute atomic E-state index is 0.113. The number of carbonyl (C=O) groups is 1. The van der Waals surface area contributed by atoms with Gasteiger partial charge >= 0.3 is 5.97 Å². The number of rotatable bonds is 3. The van der Waals surface area contributed by atoms with Crippen LogP contribution in [-0.4, -0.2) is 18.1 Å². The molecule has 0 heterocycles. The molecular weight excluding hydrogens is 142 g/mol. The first-order chi connectivity index (χ1) is 5.15. The largest absolute Gasteiger partial charge is 0.465 e. The van der Waals surface area contributed by atoms with E-state index in [4.69, 9.17) is 10.5 Å². The number of carbonyl (C=O) groups excluding carboxylic acids is 1. The lowest BCUT2D eigenvalue weighted by atomic mass is 10.2. The van der Waals surface area contributed by atoms with E-state index in [2.05, 4.69) is 6.58 Å². The van der Waals surface area contributed by atoms with Crippen LogP contribution in [0.25, 0.3) is 0 Å². The zero-order valence-electron chi connectivity index (χ0n) is 6.67. The Hall–Kier alpha value is -0.830. The third kappa shape index (κ3) is 1.28. The van der Waals surface area contributed by atoms with Gasteiger partial charge in [0.15, 0.2) is 0 Å². The van der Waals surface area contributed by atoms with Crippen LogP contribution in [0.3, 0.4) is 0 Å². The molecule has 2 atom stereocenters. The lowest BCUT2D eigenvalue weighted by molar-refractivity contribution is -0.146. The fourth-order valence-corrected chi connectivity index (χ4v) is 1.10. The molecule has 0 aromatic rings. The molecule has 1 fully saturated rings. The minimum atomic E-state index is -0.752. The lowest BCUT2D eigenvalue weighted by Crippen LogP contribution is -2.36. The zero-order valence-corrected chi connectivity index (χ0v) is 6.67. The van der Waals surface area contributed by atoms with E-state index in [1.807, 2.05) is 0 Å². The van der Waals surface area contributed by atoms with Crippen LogP contribution in [-0.2, 0) is 9.53 Å². The van der Waals surface area contributed by atoms with Gasteiger partial charge in [-0.05, 0) is 13.3 Å². The summed E-state index contributed by atoms with van der Waals surface area (Å²) in [5, 5.41) is 0. The molecule has 0 unspecified atom stereocenters. The fourth-order valence-electron chi connectivity index (χ4n) is 1.10. The average molecular weight is 155 g/mol. The Balaban J connectivity index is 2.49. The highest BCUT2D eigenvalue weighted by atomic mass is 16.5. The molecule has 11 heavy (non-hydrogen) atoms. The normalized spacial score (nSPS) is 34.5. The van der Waals surface area contributed by atoms with Crippen molar-refractivity contribution in [2.45, 2.75) is 18.9 Å². The maximum Gasteiger partial charge on any atom is 0.326 e. The summed E-state index contributed by atoms with van der Waals surface area (Å²) in [7, 11) is 0. The van der Waals surface area contributed by atoms with Crippen LogP contribution in [0.5, 0.6) is 0 Å². The second-order valence-corrected chi connectivity index (χ2v) is 2.81. The Labute approximate surface area is 66.2 Å². The number of nitrogens with two attached hydrogens (primary N) is 1. The van der Waals surface area contributed by atoms with E-state index in [9.17, 15) is 4.79 Å². The van der Waals surface area contributed by atoms with Gasteiger partial charge in [0.25, 0.3) is 0 Å². The van der Waals surface area contributed by atoms with Crippen molar-refractivity contribution in [3.05, 3.63) is 12.7 Å². The molecule has 62 valence electrons. The maximum absolute atomic E-state index is 11.1. The molecular formula is C8H13NO2. The second kappa shape index (κ2) is 2.66. The summed E-state index contributed by atoms with van der Waals surface area (Å²) in [6, 6.07) is 0. The van der Waals surface area contributed by atoms with Gasteiger partial charge in [-0.3, -0.25) is 4.79 Å². The van der Waals surface area contributed by atoms with Crippen LogP contribution in [0.4, 0.5) is 0 Å². The van der Waals surface area contributed by atoms with Crippen LogP contribution in [0.15, 0.2) is 12.7 Å². The molecule has 0 aromatic carbocycles. The molecule has 0 aromatic heterocycles. The molecule has 0 aliphatic heterocycles. The number of hydrogen-bond donors (Lipinski definition) is 1. The minimum Gasteiger partial charge on any atom is -0.465 e. The van der Waals surface area contributed by atoms with Crippen LogP contribution in [0.2, 0.25) is 0 Å². The van der Waals surface area contributed by atoms with Gasteiger partial charge in [-0.2, -0.15) is 0 Å². The number of hydrogen-bond acceptors (Lipinski definition) is 3. The van der Waals surface area contributed by atoms with Crippen molar-refractivity contribution in [1.29, 1.82) is 0 Å². The van der Waals surface area contributed by atoms with E-state index >= 15 is 0 Å². The number of esters is 1. The van der Waals surface area contributed by atoms with Gasteiger partial charge in [0, 0.05) is 5.92 Å². The first kappa shape index (κ1) is 8.27. The smallest absolute Gasteiger partial charge is 0.326 e. The third-order valence-electron chi connectivity index (χ3n) is 2.00. The van der Waals surface area contributed by atoms with Gasteiger partial charge in [0.1, 0.15) is 5.54 Å². The van der Waals surface area contributed by atoms with E-state index in [0.29, 0.717) is 13.0 Å². The van der Waals surface area contributed by atoms with Gasteiger partial charge in [0.05, 0.1) is 6.61 Å². The van der Waals surface area contributed by atoms with Crippen molar-refractivity contribution >= 4 is 5.97 Å². The van der Waals surface area contributed by atoms with Crippen molar-refractivity contribution in [3.63, 3.8) is 0 Å². The van der Waals surface area contributed by atoms with Crippen molar-refractivity contribution in [3.8, 4) is 0 Å². The topological polar surface area (TPSA) is 52.3 Å². The quantitative estimate of drug-likeness (QED) is 0.475. The van der Waals surface area contributed by atoms with Crippen LogP contribution in [0.1, 0.15) is 13.3 Å². The molecule has 0 saturated heterocycles. The van der Waals surface area contributed by atoms with E-state index in [1.165, 1.54) is 0 Å². The Kier molecular flexibility index (Phi) is 2.00. The van der Waals surface area contributed by atoms with E-state index in [-0.39, 0.29) is 11.9 Å². The van der Waals surface area contributed by atoms with Crippen molar-refractivity contribution in [2.24, 2.45) is 11.7 Å². The van der Waals surface area contributed by atoms with Crippen LogP contribution in [0, 0.1) is 5.92 Å². The molecule has 2 N–H and O–H groups in total. The molecule has 0 amide bonds. The maximum atomic E-state index is 11.1. The molecule has 0 bridgehead atoms. The fraction of sp³-hybridized carbons (Fsp3) is 0.625. The molecule has 1 rings (SSSR count).